The maximum Gasteiger partial charge on any atom is 0.234 e. The third-order valence-electron chi connectivity index (χ3n) is 3.48. The fourth-order valence-electron chi connectivity index (χ4n) is 2.29. The monoisotopic (exact) mass is 272 g/mol. The van der Waals surface area contributed by atoms with E-state index in [4.69, 9.17) is 14.2 Å². The van der Waals surface area contributed by atoms with Crippen LogP contribution in [0.5, 0.6) is 17.2 Å². The zero-order valence-electron chi connectivity index (χ0n) is 11.4. The zero-order valence-corrected chi connectivity index (χ0v) is 11.4. The van der Waals surface area contributed by atoms with Gasteiger partial charge in [0.1, 0.15) is 5.75 Å². The highest BCUT2D eigenvalue weighted by Gasteiger charge is 2.35. The molecular weight excluding hydrogens is 256 g/mol. The van der Waals surface area contributed by atoms with Gasteiger partial charge >= 0.3 is 0 Å². The van der Waals surface area contributed by atoms with Crippen LogP contribution in [0.25, 0.3) is 0 Å². The van der Waals surface area contributed by atoms with Crippen molar-refractivity contribution < 1.29 is 19.3 Å². The average molecular weight is 272 g/mol. The highest BCUT2D eigenvalue weighted by molar-refractivity contribution is 5.44. The van der Waals surface area contributed by atoms with Crippen molar-refractivity contribution in [3.8, 4) is 17.2 Å². The highest BCUT2D eigenvalue weighted by atomic mass is 16.7. The second kappa shape index (κ2) is 4.72. The lowest BCUT2D eigenvalue weighted by atomic mass is 10.0. The van der Waals surface area contributed by atoms with Gasteiger partial charge < -0.3 is 19.3 Å². The molecule has 1 atom stereocenters. The SMILES string of the molecule is COc1ccc(C2(C)OCc3ccccc3O2)cc1O. The summed E-state index contributed by atoms with van der Waals surface area (Å²) in [5.41, 5.74) is 1.76. The Morgan fingerprint density at radius 2 is 2.00 bits per heavy atom. The van der Waals surface area contributed by atoms with Crippen molar-refractivity contribution in [1.29, 1.82) is 0 Å². The number of rotatable bonds is 2. The summed E-state index contributed by atoms with van der Waals surface area (Å²) < 4.78 is 16.8. The largest absolute Gasteiger partial charge is 0.504 e. The van der Waals surface area contributed by atoms with Gasteiger partial charge in [-0.25, -0.2) is 0 Å². The van der Waals surface area contributed by atoms with E-state index in [9.17, 15) is 5.11 Å². The van der Waals surface area contributed by atoms with Gasteiger partial charge in [-0.05, 0) is 24.3 Å². The third kappa shape index (κ3) is 2.08. The number of phenolic OH excluding ortho intramolecular Hbond substituents is 1. The van der Waals surface area contributed by atoms with Crippen molar-refractivity contribution in [3.05, 3.63) is 53.6 Å². The number of ether oxygens (including phenoxy) is 3. The molecule has 1 heterocycles. The van der Waals surface area contributed by atoms with Crippen molar-refractivity contribution in [2.24, 2.45) is 0 Å². The number of methoxy groups -OCH3 is 1. The van der Waals surface area contributed by atoms with Gasteiger partial charge in [-0.15, -0.1) is 0 Å². The molecule has 0 aliphatic carbocycles. The van der Waals surface area contributed by atoms with Gasteiger partial charge in [0.25, 0.3) is 0 Å². The molecule has 1 aliphatic heterocycles. The van der Waals surface area contributed by atoms with E-state index >= 15 is 0 Å². The van der Waals surface area contributed by atoms with E-state index in [0.29, 0.717) is 12.4 Å². The van der Waals surface area contributed by atoms with Crippen LogP contribution in [0, 0.1) is 0 Å². The minimum absolute atomic E-state index is 0.0669. The second-order valence-electron chi connectivity index (χ2n) is 4.83. The first-order valence-electron chi connectivity index (χ1n) is 6.41. The summed E-state index contributed by atoms with van der Waals surface area (Å²) in [7, 11) is 1.51. The first-order valence-corrected chi connectivity index (χ1v) is 6.41. The van der Waals surface area contributed by atoms with Crippen LogP contribution < -0.4 is 9.47 Å². The van der Waals surface area contributed by atoms with Crippen LogP contribution in [0.4, 0.5) is 0 Å². The molecular formula is C16H16O4. The summed E-state index contributed by atoms with van der Waals surface area (Å²) in [6, 6.07) is 12.9. The molecule has 1 unspecified atom stereocenters. The molecule has 0 fully saturated rings. The molecule has 4 heteroatoms. The number of hydrogen-bond donors (Lipinski definition) is 1. The van der Waals surface area contributed by atoms with Gasteiger partial charge in [-0.1, -0.05) is 18.2 Å². The van der Waals surface area contributed by atoms with Crippen LogP contribution in [0.2, 0.25) is 0 Å². The molecule has 1 aliphatic rings. The van der Waals surface area contributed by atoms with E-state index < -0.39 is 5.79 Å². The summed E-state index contributed by atoms with van der Waals surface area (Å²) in [6.45, 7) is 2.31. The van der Waals surface area contributed by atoms with Crippen molar-refractivity contribution in [2.45, 2.75) is 19.3 Å². The minimum atomic E-state index is -0.919. The van der Waals surface area contributed by atoms with Gasteiger partial charge in [0.05, 0.1) is 13.7 Å². The lowest BCUT2D eigenvalue weighted by Gasteiger charge is -2.36. The second-order valence-corrected chi connectivity index (χ2v) is 4.83. The van der Waals surface area contributed by atoms with E-state index in [2.05, 4.69) is 0 Å². The summed E-state index contributed by atoms with van der Waals surface area (Å²) in [5.74, 6) is 0.375. The van der Waals surface area contributed by atoms with Gasteiger partial charge in [0.2, 0.25) is 5.79 Å². The molecule has 4 nitrogen and oxygen atoms in total. The minimum Gasteiger partial charge on any atom is -0.504 e. The van der Waals surface area contributed by atoms with Gasteiger partial charge in [0, 0.05) is 18.1 Å². The first-order chi connectivity index (χ1) is 9.62. The number of para-hydroxylation sites is 1. The maximum atomic E-state index is 9.90. The summed E-state index contributed by atoms with van der Waals surface area (Å²) in [5, 5.41) is 9.90. The smallest absolute Gasteiger partial charge is 0.234 e. The van der Waals surface area contributed by atoms with Gasteiger partial charge in [0.15, 0.2) is 11.5 Å². The fraction of sp³-hybridized carbons (Fsp3) is 0.250. The normalized spacial score (nSPS) is 20.9. The predicted octanol–water partition coefficient (Wildman–Crippen LogP) is 3.18. The first kappa shape index (κ1) is 12.8. The van der Waals surface area contributed by atoms with Crippen molar-refractivity contribution >= 4 is 0 Å². The maximum absolute atomic E-state index is 9.90. The van der Waals surface area contributed by atoms with Crippen molar-refractivity contribution in [2.75, 3.05) is 7.11 Å². The number of phenols is 1. The van der Waals surface area contributed by atoms with Crippen molar-refractivity contribution in [3.63, 3.8) is 0 Å². The van der Waals surface area contributed by atoms with Crippen LogP contribution in [0.1, 0.15) is 18.1 Å². The van der Waals surface area contributed by atoms with Crippen molar-refractivity contribution in [1.82, 2.24) is 0 Å². The molecule has 0 bridgehead atoms. The molecule has 0 saturated carbocycles. The quantitative estimate of drug-likeness (QED) is 0.912. The molecule has 1 N–H and O–H groups in total. The standard InChI is InChI=1S/C16H16O4/c1-16(12-7-8-15(18-2)13(17)9-12)19-10-11-5-3-4-6-14(11)20-16/h3-9,17H,10H2,1-2H3. The topological polar surface area (TPSA) is 47.9 Å². The molecule has 2 aromatic carbocycles. The Hall–Kier alpha value is -2.20. The van der Waals surface area contributed by atoms with E-state index in [-0.39, 0.29) is 5.75 Å². The lowest BCUT2D eigenvalue weighted by molar-refractivity contribution is -0.202. The fourth-order valence-corrected chi connectivity index (χ4v) is 2.29. The molecule has 104 valence electrons. The number of aromatic hydroxyl groups is 1. The highest BCUT2D eigenvalue weighted by Crippen LogP contribution is 2.39. The Morgan fingerprint density at radius 1 is 1.20 bits per heavy atom. The van der Waals surface area contributed by atoms with Crippen LogP contribution >= 0.6 is 0 Å². The van der Waals surface area contributed by atoms with E-state index in [1.54, 1.807) is 12.1 Å². The van der Waals surface area contributed by atoms with Gasteiger partial charge in [-0.3, -0.25) is 0 Å². The molecule has 20 heavy (non-hydrogen) atoms. The van der Waals surface area contributed by atoms with Crippen LogP contribution in [0.15, 0.2) is 42.5 Å². The molecule has 2 aromatic rings. The Kier molecular flexibility index (Phi) is 3.03. The average Bonchev–Trinajstić information content (AvgIpc) is 2.47. The zero-order chi connectivity index (χ0) is 14.2. The van der Waals surface area contributed by atoms with Gasteiger partial charge in [-0.2, -0.15) is 0 Å². The van der Waals surface area contributed by atoms with E-state index in [0.717, 1.165) is 16.9 Å². The molecule has 0 amide bonds. The Morgan fingerprint density at radius 3 is 2.75 bits per heavy atom. The predicted molar refractivity (Wildman–Crippen MR) is 73.9 cm³/mol. The Labute approximate surface area is 117 Å². The molecule has 0 saturated heterocycles. The molecule has 0 radical (unpaired) electrons. The summed E-state index contributed by atoms with van der Waals surface area (Å²) >= 11 is 0. The molecule has 0 aromatic heterocycles. The Bertz CT molecular complexity index is 638. The molecule has 0 spiro atoms. The van der Waals surface area contributed by atoms with E-state index in [1.807, 2.05) is 37.3 Å². The van der Waals surface area contributed by atoms with E-state index in [1.165, 1.54) is 7.11 Å². The van der Waals surface area contributed by atoms with Crippen LogP contribution in [-0.2, 0) is 17.1 Å². The summed E-state index contributed by atoms with van der Waals surface area (Å²) in [6.07, 6.45) is 0. The van der Waals surface area contributed by atoms with Crippen LogP contribution in [-0.4, -0.2) is 12.2 Å². The number of hydrogen-bond acceptors (Lipinski definition) is 4. The Balaban J connectivity index is 1.96. The van der Waals surface area contributed by atoms with Crippen LogP contribution in [0.3, 0.4) is 0 Å². The lowest BCUT2D eigenvalue weighted by Crippen LogP contribution is -2.36. The third-order valence-corrected chi connectivity index (χ3v) is 3.48. The number of benzene rings is 2. The molecule has 3 rings (SSSR count). The number of fused-ring (bicyclic) bond motifs is 1. The summed E-state index contributed by atoms with van der Waals surface area (Å²) in [4.78, 5) is 0.